The highest BCUT2D eigenvalue weighted by Crippen LogP contribution is 2.15. The summed E-state index contributed by atoms with van der Waals surface area (Å²) < 4.78 is 31.8. The summed E-state index contributed by atoms with van der Waals surface area (Å²) in [6.45, 7) is 1.96. The number of benzene rings is 2. The van der Waals surface area contributed by atoms with Crippen LogP contribution in [0.2, 0.25) is 0 Å². The van der Waals surface area contributed by atoms with Crippen molar-refractivity contribution in [1.82, 2.24) is 0 Å². The van der Waals surface area contributed by atoms with Crippen LogP contribution >= 0.6 is 0 Å². The Morgan fingerprint density at radius 3 is 2.62 bits per heavy atom. The molecule has 6 heteroatoms. The van der Waals surface area contributed by atoms with E-state index in [1.807, 2.05) is 13.0 Å². The molecule has 0 spiro atoms. The quantitative estimate of drug-likeness (QED) is 0.803. The molecule has 0 bridgehead atoms. The van der Waals surface area contributed by atoms with Crippen molar-refractivity contribution in [2.75, 3.05) is 22.8 Å². The van der Waals surface area contributed by atoms with Gasteiger partial charge in [0.2, 0.25) is 10.0 Å². The number of sulfonamides is 1. The lowest BCUT2D eigenvalue weighted by Crippen LogP contribution is -2.21. The van der Waals surface area contributed by atoms with Crippen LogP contribution in [0.4, 0.5) is 11.4 Å². The molecule has 0 aliphatic rings. The van der Waals surface area contributed by atoms with Crippen LogP contribution in [0.3, 0.4) is 0 Å². The second-order valence-corrected chi connectivity index (χ2v) is 6.55. The molecule has 0 heterocycles. The third-order valence-corrected chi connectivity index (χ3v) is 4.02. The van der Waals surface area contributed by atoms with E-state index in [1.165, 1.54) is 0 Å². The Labute approximate surface area is 124 Å². The highest BCUT2D eigenvalue weighted by molar-refractivity contribution is 7.92. The van der Waals surface area contributed by atoms with Gasteiger partial charge in [0.25, 0.3) is 0 Å². The molecule has 112 valence electrons. The van der Waals surface area contributed by atoms with Gasteiger partial charge >= 0.3 is 0 Å². The SMILES string of the molecule is Cc1cccc(NS(=O)(=O)CCOc2cccc(N)c2)c1. The number of aryl methyl sites for hydroxylation is 1. The fourth-order valence-corrected chi connectivity index (χ4v) is 2.70. The predicted octanol–water partition coefficient (Wildman–Crippen LogP) is 2.40. The van der Waals surface area contributed by atoms with Crippen LogP contribution in [0, 0.1) is 6.92 Å². The highest BCUT2D eigenvalue weighted by atomic mass is 32.2. The fourth-order valence-electron chi connectivity index (χ4n) is 1.81. The third-order valence-electron chi connectivity index (χ3n) is 2.77. The van der Waals surface area contributed by atoms with Gasteiger partial charge in [0.1, 0.15) is 18.1 Å². The number of nitrogens with one attached hydrogen (secondary N) is 1. The molecule has 0 saturated heterocycles. The molecule has 0 unspecified atom stereocenters. The summed E-state index contributed by atoms with van der Waals surface area (Å²) in [5.41, 5.74) is 7.75. The zero-order chi connectivity index (χ0) is 15.3. The van der Waals surface area contributed by atoms with Crippen LogP contribution in [0.15, 0.2) is 48.5 Å². The van der Waals surface area contributed by atoms with Crippen LogP contribution < -0.4 is 15.2 Å². The Hall–Kier alpha value is -2.21. The van der Waals surface area contributed by atoms with Gasteiger partial charge in [-0.05, 0) is 36.8 Å². The summed E-state index contributed by atoms with van der Waals surface area (Å²) in [5, 5.41) is 0. The van der Waals surface area contributed by atoms with Crippen molar-refractivity contribution >= 4 is 21.4 Å². The molecule has 3 N–H and O–H groups in total. The monoisotopic (exact) mass is 306 g/mol. The average Bonchev–Trinajstić information content (AvgIpc) is 2.38. The van der Waals surface area contributed by atoms with E-state index in [0.29, 0.717) is 17.1 Å². The number of anilines is 2. The molecule has 0 aromatic heterocycles. The van der Waals surface area contributed by atoms with Gasteiger partial charge in [-0.25, -0.2) is 8.42 Å². The summed E-state index contributed by atoms with van der Waals surface area (Å²) in [6.07, 6.45) is 0. The van der Waals surface area contributed by atoms with E-state index in [2.05, 4.69) is 4.72 Å². The van der Waals surface area contributed by atoms with Crippen molar-refractivity contribution in [3.8, 4) is 5.75 Å². The molecule has 2 aromatic carbocycles. The van der Waals surface area contributed by atoms with E-state index in [4.69, 9.17) is 10.5 Å². The summed E-state index contributed by atoms with van der Waals surface area (Å²) in [5.74, 6) is 0.427. The van der Waals surface area contributed by atoms with E-state index in [9.17, 15) is 8.42 Å². The lowest BCUT2D eigenvalue weighted by Gasteiger charge is -2.10. The van der Waals surface area contributed by atoms with Gasteiger partial charge in [0.15, 0.2) is 0 Å². The van der Waals surface area contributed by atoms with Crippen LogP contribution in [0.1, 0.15) is 5.56 Å². The zero-order valence-electron chi connectivity index (χ0n) is 11.7. The van der Waals surface area contributed by atoms with Gasteiger partial charge in [-0.3, -0.25) is 4.72 Å². The number of hydrogen-bond acceptors (Lipinski definition) is 4. The molecule has 0 radical (unpaired) electrons. The van der Waals surface area contributed by atoms with E-state index in [1.54, 1.807) is 42.5 Å². The zero-order valence-corrected chi connectivity index (χ0v) is 12.6. The van der Waals surface area contributed by atoms with Crippen LogP contribution in [-0.4, -0.2) is 20.8 Å². The molecule has 2 aromatic rings. The second kappa shape index (κ2) is 6.49. The lowest BCUT2D eigenvalue weighted by atomic mass is 10.2. The standard InChI is InChI=1S/C15H18N2O3S/c1-12-4-2-6-14(10-12)17-21(18,19)9-8-20-15-7-3-5-13(16)11-15/h2-7,10-11,17H,8-9,16H2,1H3. The Balaban J connectivity index is 1.90. The molecule has 2 rings (SSSR count). The highest BCUT2D eigenvalue weighted by Gasteiger charge is 2.10. The summed E-state index contributed by atoms with van der Waals surface area (Å²) in [6, 6.07) is 14.1. The van der Waals surface area contributed by atoms with Crippen LogP contribution in [0.25, 0.3) is 0 Å². The number of rotatable bonds is 6. The van der Waals surface area contributed by atoms with Gasteiger partial charge in [-0.1, -0.05) is 18.2 Å². The molecular formula is C15H18N2O3S. The molecule has 0 aliphatic carbocycles. The second-order valence-electron chi connectivity index (χ2n) is 4.71. The van der Waals surface area contributed by atoms with E-state index < -0.39 is 10.0 Å². The third kappa shape index (κ3) is 5.00. The smallest absolute Gasteiger partial charge is 0.236 e. The molecular weight excluding hydrogens is 288 g/mol. The number of nitrogens with two attached hydrogens (primary N) is 1. The van der Waals surface area contributed by atoms with Crippen molar-refractivity contribution in [2.45, 2.75) is 6.92 Å². The maximum Gasteiger partial charge on any atom is 0.236 e. The first-order chi connectivity index (χ1) is 9.94. The minimum atomic E-state index is -3.44. The average molecular weight is 306 g/mol. The Morgan fingerprint density at radius 2 is 1.90 bits per heavy atom. The molecule has 0 amide bonds. The minimum Gasteiger partial charge on any atom is -0.492 e. The van der Waals surface area contributed by atoms with Crippen LogP contribution in [-0.2, 0) is 10.0 Å². The summed E-state index contributed by atoms with van der Waals surface area (Å²) in [4.78, 5) is 0. The van der Waals surface area contributed by atoms with Crippen molar-refractivity contribution in [2.24, 2.45) is 0 Å². The van der Waals surface area contributed by atoms with Gasteiger partial charge in [-0.15, -0.1) is 0 Å². The van der Waals surface area contributed by atoms with E-state index >= 15 is 0 Å². The van der Waals surface area contributed by atoms with Crippen LogP contribution in [0.5, 0.6) is 5.75 Å². The molecule has 5 nitrogen and oxygen atoms in total. The first-order valence-electron chi connectivity index (χ1n) is 6.50. The first kappa shape index (κ1) is 15.2. The van der Waals surface area contributed by atoms with Gasteiger partial charge in [0, 0.05) is 17.4 Å². The molecule has 0 fully saturated rings. The van der Waals surface area contributed by atoms with Crippen molar-refractivity contribution in [1.29, 1.82) is 0 Å². The molecule has 21 heavy (non-hydrogen) atoms. The number of ether oxygens (including phenoxy) is 1. The van der Waals surface area contributed by atoms with Gasteiger partial charge in [0.05, 0.1) is 0 Å². The van der Waals surface area contributed by atoms with E-state index in [0.717, 1.165) is 5.56 Å². The largest absolute Gasteiger partial charge is 0.492 e. The Bertz CT molecular complexity index is 714. The molecule has 0 aliphatic heterocycles. The number of nitrogen functional groups attached to an aromatic ring is 1. The normalized spacial score (nSPS) is 11.1. The maximum absolute atomic E-state index is 12.0. The summed E-state index contributed by atoms with van der Waals surface area (Å²) in [7, 11) is -3.44. The van der Waals surface area contributed by atoms with Crippen molar-refractivity contribution in [3.05, 3.63) is 54.1 Å². The maximum atomic E-state index is 12.0. The van der Waals surface area contributed by atoms with Gasteiger partial charge in [-0.2, -0.15) is 0 Å². The Morgan fingerprint density at radius 1 is 1.14 bits per heavy atom. The van der Waals surface area contributed by atoms with Crippen molar-refractivity contribution < 1.29 is 13.2 Å². The fraction of sp³-hybridized carbons (Fsp3) is 0.200. The number of hydrogen-bond donors (Lipinski definition) is 2. The predicted molar refractivity (Wildman–Crippen MR) is 84.9 cm³/mol. The lowest BCUT2D eigenvalue weighted by molar-refractivity contribution is 0.341. The summed E-state index contributed by atoms with van der Waals surface area (Å²) >= 11 is 0. The van der Waals surface area contributed by atoms with Gasteiger partial charge < -0.3 is 10.5 Å². The van der Waals surface area contributed by atoms with E-state index in [-0.39, 0.29) is 12.4 Å². The van der Waals surface area contributed by atoms with Crippen molar-refractivity contribution in [3.63, 3.8) is 0 Å². The molecule has 0 atom stereocenters. The molecule has 0 saturated carbocycles. The Kier molecular flexibility index (Phi) is 4.70. The first-order valence-corrected chi connectivity index (χ1v) is 8.15. The topological polar surface area (TPSA) is 81.4 Å². The minimum absolute atomic E-state index is 0.0601.